The highest BCUT2D eigenvalue weighted by molar-refractivity contribution is 4.97. The van der Waals surface area contributed by atoms with Crippen LogP contribution in [0.2, 0.25) is 0 Å². The molecule has 108 valence electrons. The fourth-order valence-corrected chi connectivity index (χ4v) is 3.01. The maximum absolute atomic E-state index is 5.31. The Morgan fingerprint density at radius 2 is 2.32 bits per heavy atom. The van der Waals surface area contributed by atoms with E-state index < -0.39 is 0 Å². The van der Waals surface area contributed by atoms with Crippen molar-refractivity contribution in [3.05, 3.63) is 24.2 Å². The summed E-state index contributed by atoms with van der Waals surface area (Å²) in [5.41, 5.74) is 0. The Balaban J connectivity index is 1.58. The van der Waals surface area contributed by atoms with Gasteiger partial charge in [-0.2, -0.15) is 0 Å². The molecule has 0 saturated carbocycles. The van der Waals surface area contributed by atoms with E-state index in [0.29, 0.717) is 0 Å². The molecular formula is C16H28N2O. The van der Waals surface area contributed by atoms with E-state index in [1.54, 1.807) is 6.26 Å². The van der Waals surface area contributed by atoms with Crippen LogP contribution in [0.4, 0.5) is 0 Å². The molecule has 1 aliphatic heterocycles. The molecule has 2 rings (SSSR count). The van der Waals surface area contributed by atoms with Gasteiger partial charge in [0.05, 0.1) is 12.8 Å². The van der Waals surface area contributed by atoms with E-state index in [2.05, 4.69) is 17.1 Å². The highest BCUT2D eigenvalue weighted by Gasteiger charge is 2.15. The lowest BCUT2D eigenvalue weighted by Gasteiger charge is -2.20. The van der Waals surface area contributed by atoms with Gasteiger partial charge in [-0.25, -0.2) is 0 Å². The summed E-state index contributed by atoms with van der Waals surface area (Å²) < 4.78 is 5.31. The van der Waals surface area contributed by atoms with Crippen LogP contribution in [0.25, 0.3) is 0 Å². The van der Waals surface area contributed by atoms with Crippen LogP contribution in [0.3, 0.4) is 0 Å². The molecule has 1 atom stereocenters. The topological polar surface area (TPSA) is 28.4 Å². The Hall–Kier alpha value is -0.800. The average molecular weight is 264 g/mol. The Bertz CT molecular complexity index is 323. The van der Waals surface area contributed by atoms with E-state index in [-0.39, 0.29) is 0 Å². The van der Waals surface area contributed by atoms with Crippen LogP contribution in [0.1, 0.15) is 44.8 Å². The zero-order valence-electron chi connectivity index (χ0n) is 12.2. The summed E-state index contributed by atoms with van der Waals surface area (Å²) in [6.07, 6.45) is 8.71. The molecule has 1 fully saturated rings. The highest BCUT2D eigenvalue weighted by atomic mass is 16.3. The van der Waals surface area contributed by atoms with E-state index in [4.69, 9.17) is 4.42 Å². The van der Waals surface area contributed by atoms with Crippen molar-refractivity contribution in [2.24, 2.45) is 5.92 Å². The molecule has 2 heterocycles. The number of rotatable bonds is 7. The van der Waals surface area contributed by atoms with Gasteiger partial charge in [0.2, 0.25) is 0 Å². The van der Waals surface area contributed by atoms with Gasteiger partial charge in [-0.15, -0.1) is 0 Å². The predicted molar refractivity (Wildman–Crippen MR) is 79.1 cm³/mol. The van der Waals surface area contributed by atoms with Crippen molar-refractivity contribution in [3.63, 3.8) is 0 Å². The minimum atomic E-state index is 0.847. The van der Waals surface area contributed by atoms with Crippen LogP contribution in [-0.4, -0.2) is 31.1 Å². The van der Waals surface area contributed by atoms with Gasteiger partial charge in [-0.1, -0.05) is 19.8 Å². The van der Waals surface area contributed by atoms with Gasteiger partial charge in [-0.05, 0) is 50.4 Å². The first-order valence-corrected chi connectivity index (χ1v) is 7.84. The molecule has 1 aliphatic rings. The van der Waals surface area contributed by atoms with Gasteiger partial charge in [0, 0.05) is 13.1 Å². The molecule has 0 amide bonds. The standard InChI is InChI=1S/C16H28N2O/c1-2-5-15-6-3-10-18(11-8-15)12-9-17-14-16-7-4-13-19-16/h4,7,13,15,17H,2-3,5-6,8-12,14H2,1H3. The van der Waals surface area contributed by atoms with Crippen molar-refractivity contribution in [1.29, 1.82) is 0 Å². The Morgan fingerprint density at radius 1 is 1.37 bits per heavy atom. The molecule has 1 N–H and O–H groups in total. The maximum atomic E-state index is 5.31. The molecule has 19 heavy (non-hydrogen) atoms. The van der Waals surface area contributed by atoms with Crippen LogP contribution >= 0.6 is 0 Å². The normalized spacial score (nSPS) is 21.4. The third-order valence-corrected chi connectivity index (χ3v) is 4.12. The maximum Gasteiger partial charge on any atom is 0.117 e. The SMILES string of the molecule is CCCC1CCCN(CCNCc2ccco2)CC1. The lowest BCUT2D eigenvalue weighted by atomic mass is 9.96. The van der Waals surface area contributed by atoms with Crippen LogP contribution in [0, 0.1) is 5.92 Å². The fourth-order valence-electron chi connectivity index (χ4n) is 3.01. The molecular weight excluding hydrogens is 236 g/mol. The van der Waals surface area contributed by atoms with Gasteiger partial charge in [-0.3, -0.25) is 0 Å². The van der Waals surface area contributed by atoms with E-state index >= 15 is 0 Å². The number of nitrogens with zero attached hydrogens (tertiary/aromatic N) is 1. The third kappa shape index (κ3) is 5.37. The molecule has 0 aromatic carbocycles. The molecule has 0 spiro atoms. The average Bonchev–Trinajstić information content (AvgIpc) is 2.83. The van der Waals surface area contributed by atoms with Gasteiger partial charge < -0.3 is 14.6 Å². The minimum absolute atomic E-state index is 0.847. The van der Waals surface area contributed by atoms with E-state index in [1.807, 2.05) is 12.1 Å². The first-order valence-electron chi connectivity index (χ1n) is 7.84. The van der Waals surface area contributed by atoms with E-state index in [9.17, 15) is 0 Å². The van der Waals surface area contributed by atoms with Crippen molar-refractivity contribution < 1.29 is 4.42 Å². The first-order chi connectivity index (χ1) is 9.38. The monoisotopic (exact) mass is 264 g/mol. The fraction of sp³-hybridized carbons (Fsp3) is 0.750. The van der Waals surface area contributed by atoms with E-state index in [0.717, 1.165) is 24.8 Å². The first kappa shape index (κ1) is 14.6. The molecule has 3 heteroatoms. The third-order valence-electron chi connectivity index (χ3n) is 4.12. The summed E-state index contributed by atoms with van der Waals surface area (Å²) in [4.78, 5) is 2.62. The summed E-state index contributed by atoms with van der Waals surface area (Å²) in [6.45, 7) is 7.94. The van der Waals surface area contributed by atoms with Crippen molar-refractivity contribution >= 4 is 0 Å². The zero-order valence-corrected chi connectivity index (χ0v) is 12.2. The molecule has 1 saturated heterocycles. The van der Waals surface area contributed by atoms with Crippen molar-refractivity contribution in [3.8, 4) is 0 Å². The Morgan fingerprint density at radius 3 is 3.11 bits per heavy atom. The quantitative estimate of drug-likeness (QED) is 0.766. The number of furan rings is 1. The van der Waals surface area contributed by atoms with E-state index in [1.165, 1.54) is 51.7 Å². The summed E-state index contributed by atoms with van der Waals surface area (Å²) in [5, 5.41) is 3.46. The number of hydrogen-bond acceptors (Lipinski definition) is 3. The van der Waals surface area contributed by atoms with Crippen molar-refractivity contribution in [1.82, 2.24) is 10.2 Å². The van der Waals surface area contributed by atoms with Crippen LogP contribution in [0.5, 0.6) is 0 Å². The molecule has 0 bridgehead atoms. The second-order valence-electron chi connectivity index (χ2n) is 5.68. The van der Waals surface area contributed by atoms with Gasteiger partial charge in [0.1, 0.15) is 5.76 Å². The summed E-state index contributed by atoms with van der Waals surface area (Å²) in [6, 6.07) is 3.97. The predicted octanol–water partition coefficient (Wildman–Crippen LogP) is 3.27. The van der Waals surface area contributed by atoms with Gasteiger partial charge in [0.25, 0.3) is 0 Å². The van der Waals surface area contributed by atoms with Crippen molar-refractivity contribution in [2.45, 2.75) is 45.6 Å². The highest BCUT2D eigenvalue weighted by Crippen LogP contribution is 2.21. The number of likely N-dealkylation sites (tertiary alicyclic amines) is 1. The molecule has 3 nitrogen and oxygen atoms in total. The molecule has 1 aromatic rings. The smallest absolute Gasteiger partial charge is 0.117 e. The number of hydrogen-bond donors (Lipinski definition) is 1. The van der Waals surface area contributed by atoms with Crippen LogP contribution in [0.15, 0.2) is 22.8 Å². The zero-order chi connectivity index (χ0) is 13.3. The van der Waals surface area contributed by atoms with Gasteiger partial charge in [0.15, 0.2) is 0 Å². The summed E-state index contributed by atoms with van der Waals surface area (Å²) in [7, 11) is 0. The molecule has 1 unspecified atom stereocenters. The van der Waals surface area contributed by atoms with Gasteiger partial charge >= 0.3 is 0 Å². The van der Waals surface area contributed by atoms with Crippen LogP contribution < -0.4 is 5.32 Å². The Kier molecular flexibility index (Phi) is 6.45. The second kappa shape index (κ2) is 8.39. The molecule has 0 aliphatic carbocycles. The number of nitrogens with one attached hydrogen (secondary N) is 1. The second-order valence-corrected chi connectivity index (χ2v) is 5.68. The Labute approximate surface area is 117 Å². The molecule has 0 radical (unpaired) electrons. The largest absolute Gasteiger partial charge is 0.468 e. The van der Waals surface area contributed by atoms with Crippen molar-refractivity contribution in [2.75, 3.05) is 26.2 Å². The minimum Gasteiger partial charge on any atom is -0.468 e. The van der Waals surface area contributed by atoms with Crippen LogP contribution in [-0.2, 0) is 6.54 Å². The lowest BCUT2D eigenvalue weighted by molar-refractivity contribution is 0.277. The summed E-state index contributed by atoms with van der Waals surface area (Å²) >= 11 is 0. The summed E-state index contributed by atoms with van der Waals surface area (Å²) in [5.74, 6) is 2.00. The molecule has 1 aromatic heterocycles. The lowest BCUT2D eigenvalue weighted by Crippen LogP contribution is -2.32.